The molecule has 2 atom stereocenters. The minimum absolute atomic E-state index is 0.00394. The Morgan fingerprint density at radius 2 is 2.07 bits per heavy atom. The van der Waals surface area contributed by atoms with Crippen LogP contribution < -0.4 is 21.9 Å². The minimum atomic E-state index is -1.98. The number of rotatable bonds is 6. The van der Waals surface area contributed by atoms with Crippen molar-refractivity contribution in [1.82, 2.24) is 20.2 Å². The molecular weight excluding hydrogens is 537 g/mol. The van der Waals surface area contributed by atoms with Crippen LogP contribution in [0, 0.1) is 12.7 Å². The van der Waals surface area contributed by atoms with E-state index in [1.54, 1.807) is 19.9 Å². The van der Waals surface area contributed by atoms with Gasteiger partial charge in [0, 0.05) is 22.6 Å². The van der Waals surface area contributed by atoms with Gasteiger partial charge in [-0.15, -0.1) is 0 Å². The summed E-state index contributed by atoms with van der Waals surface area (Å²) >= 11 is 0. The summed E-state index contributed by atoms with van der Waals surface area (Å²) in [6.45, 7) is 2.64. The summed E-state index contributed by atoms with van der Waals surface area (Å²) in [6.07, 6.45) is 0.963. The number of aromatic nitrogens is 2. The number of primary amides is 1. The SMILES string of the molecule is CC[C@@]1(O)C(=O)OCc2c1cc1n(c2=O)Cc2c-1nc1cc(F)c(C)c3c1c2[C@@H](NC(=O)COCNC(N)=O)CC3. The highest BCUT2D eigenvalue weighted by atomic mass is 19.1. The zero-order valence-electron chi connectivity index (χ0n) is 22.4. The Balaban J connectivity index is 1.49. The number of hydrogen-bond acceptors (Lipinski definition) is 8. The molecule has 6 rings (SSSR count). The molecule has 3 aromatic rings. The fourth-order valence-electron chi connectivity index (χ4n) is 6.20. The summed E-state index contributed by atoms with van der Waals surface area (Å²) in [4.78, 5) is 54.6. The Morgan fingerprint density at radius 3 is 2.80 bits per heavy atom. The quantitative estimate of drug-likeness (QED) is 0.154. The van der Waals surface area contributed by atoms with Crippen molar-refractivity contribution in [2.45, 2.75) is 57.9 Å². The molecule has 0 bridgehead atoms. The van der Waals surface area contributed by atoms with Crippen LogP contribution in [0.2, 0.25) is 0 Å². The molecule has 3 amide bonds. The lowest BCUT2D eigenvalue weighted by Gasteiger charge is -2.31. The zero-order chi connectivity index (χ0) is 29.2. The number of carbonyl (C=O) groups is 3. The molecular formula is C28H28FN5O7. The number of nitrogens with one attached hydrogen (secondary N) is 2. The van der Waals surface area contributed by atoms with Crippen molar-refractivity contribution in [3.05, 3.63) is 61.7 Å². The van der Waals surface area contributed by atoms with Gasteiger partial charge in [0.15, 0.2) is 5.60 Å². The van der Waals surface area contributed by atoms with E-state index >= 15 is 4.39 Å². The number of carbonyl (C=O) groups excluding carboxylic acids is 3. The Labute approximate surface area is 232 Å². The Kier molecular flexibility index (Phi) is 6.30. The predicted octanol–water partition coefficient (Wildman–Crippen LogP) is 1.27. The number of pyridine rings is 2. The molecule has 0 saturated heterocycles. The van der Waals surface area contributed by atoms with Crippen molar-refractivity contribution >= 4 is 28.8 Å². The van der Waals surface area contributed by atoms with Gasteiger partial charge in [0.25, 0.3) is 5.56 Å². The monoisotopic (exact) mass is 565 g/mol. The number of nitrogens with zero attached hydrogens (tertiary/aromatic N) is 2. The lowest BCUT2D eigenvalue weighted by molar-refractivity contribution is -0.172. The number of urea groups is 1. The van der Waals surface area contributed by atoms with Crippen LogP contribution in [0.4, 0.5) is 9.18 Å². The second-order valence-electron chi connectivity index (χ2n) is 10.5. The van der Waals surface area contributed by atoms with Crippen molar-refractivity contribution in [1.29, 1.82) is 0 Å². The van der Waals surface area contributed by atoms with Gasteiger partial charge < -0.3 is 35.5 Å². The minimum Gasteiger partial charge on any atom is -0.458 e. The van der Waals surface area contributed by atoms with Crippen LogP contribution in [-0.4, -0.2) is 45.9 Å². The highest BCUT2D eigenvalue weighted by Crippen LogP contribution is 2.45. The Hall–Kier alpha value is -4.36. The van der Waals surface area contributed by atoms with Crippen molar-refractivity contribution < 1.29 is 33.4 Å². The number of hydrogen-bond donors (Lipinski definition) is 4. The molecule has 3 aliphatic rings. The van der Waals surface area contributed by atoms with E-state index < -0.39 is 40.9 Å². The average molecular weight is 566 g/mol. The molecule has 0 unspecified atom stereocenters. The van der Waals surface area contributed by atoms with Crippen molar-refractivity contribution in [2.24, 2.45) is 5.73 Å². The zero-order valence-corrected chi connectivity index (χ0v) is 22.4. The van der Waals surface area contributed by atoms with Crippen LogP contribution in [0.25, 0.3) is 22.3 Å². The van der Waals surface area contributed by atoms with Crippen LogP contribution in [-0.2, 0) is 44.2 Å². The van der Waals surface area contributed by atoms with E-state index in [4.69, 9.17) is 20.2 Å². The lowest BCUT2D eigenvalue weighted by Crippen LogP contribution is -2.44. The predicted molar refractivity (Wildman–Crippen MR) is 142 cm³/mol. The molecule has 13 heteroatoms. The van der Waals surface area contributed by atoms with Gasteiger partial charge in [-0.25, -0.2) is 19.0 Å². The van der Waals surface area contributed by atoms with E-state index in [1.165, 1.54) is 10.6 Å². The van der Waals surface area contributed by atoms with Gasteiger partial charge in [-0.3, -0.25) is 9.59 Å². The first kappa shape index (κ1) is 26.8. The number of esters is 1. The number of cyclic esters (lactones) is 1. The topological polar surface area (TPSA) is 175 Å². The summed E-state index contributed by atoms with van der Waals surface area (Å²) < 4.78 is 26.9. The lowest BCUT2D eigenvalue weighted by atomic mass is 9.81. The van der Waals surface area contributed by atoms with Gasteiger partial charge in [-0.2, -0.15) is 0 Å². The Bertz CT molecular complexity index is 1740. The van der Waals surface area contributed by atoms with Crippen LogP contribution >= 0.6 is 0 Å². The number of halogens is 1. The van der Waals surface area contributed by atoms with Gasteiger partial charge in [-0.05, 0) is 48.9 Å². The number of benzene rings is 1. The van der Waals surface area contributed by atoms with E-state index in [-0.39, 0.29) is 44.0 Å². The molecule has 0 radical (unpaired) electrons. The van der Waals surface area contributed by atoms with E-state index in [0.29, 0.717) is 40.9 Å². The smallest absolute Gasteiger partial charge is 0.343 e. The first-order chi connectivity index (χ1) is 19.5. The number of amides is 3. The molecule has 0 saturated carbocycles. The van der Waals surface area contributed by atoms with E-state index in [9.17, 15) is 24.3 Å². The van der Waals surface area contributed by atoms with Crippen LogP contribution in [0.5, 0.6) is 0 Å². The molecule has 4 heterocycles. The van der Waals surface area contributed by atoms with Gasteiger partial charge in [0.2, 0.25) is 5.91 Å². The number of aryl methyl sites for hydroxylation is 1. The standard InChI is InChI=1S/C28H28FN5O7/c1-3-28(39)16-6-20-24-14(8-34(20)25(36)15(16)9-41-26(28)37)23-18(32-21(35)10-40-11-31-27(30)38)5-4-13-12(2)17(29)7-19(33-24)22(13)23/h6-7,18,39H,3-5,8-11H2,1-2H3,(H,32,35)(H3,30,31,38)/t18-,28-/m0/s1. The maximum absolute atomic E-state index is 15.0. The Morgan fingerprint density at radius 1 is 1.29 bits per heavy atom. The molecule has 0 fully saturated rings. The highest BCUT2D eigenvalue weighted by molar-refractivity contribution is 5.94. The third-order valence-corrected chi connectivity index (χ3v) is 8.29. The summed E-state index contributed by atoms with van der Waals surface area (Å²) in [5.74, 6) is -1.67. The normalized spacial score (nSPS) is 20.2. The second-order valence-corrected chi connectivity index (χ2v) is 10.5. The average Bonchev–Trinajstić information content (AvgIpc) is 3.31. The van der Waals surface area contributed by atoms with Crippen molar-refractivity contribution in [3.8, 4) is 11.4 Å². The number of fused-ring (bicyclic) bond motifs is 5. The van der Waals surface area contributed by atoms with Crippen LogP contribution in [0.1, 0.15) is 59.2 Å². The fourth-order valence-corrected chi connectivity index (χ4v) is 6.20. The number of nitrogens with two attached hydrogens (primary N) is 1. The van der Waals surface area contributed by atoms with Gasteiger partial charge in [0.1, 0.15) is 25.8 Å². The largest absolute Gasteiger partial charge is 0.458 e. The van der Waals surface area contributed by atoms with Gasteiger partial charge in [-0.1, -0.05) is 6.92 Å². The van der Waals surface area contributed by atoms with E-state index in [1.807, 2.05) is 0 Å². The summed E-state index contributed by atoms with van der Waals surface area (Å²) in [7, 11) is 0. The molecule has 0 spiro atoms. The molecule has 2 aromatic heterocycles. The summed E-state index contributed by atoms with van der Waals surface area (Å²) in [5, 5.41) is 17.1. The third-order valence-electron chi connectivity index (χ3n) is 8.29. The third kappa shape index (κ3) is 4.06. The first-order valence-electron chi connectivity index (χ1n) is 13.3. The maximum Gasteiger partial charge on any atom is 0.343 e. The highest BCUT2D eigenvalue weighted by Gasteiger charge is 2.46. The van der Waals surface area contributed by atoms with Crippen molar-refractivity contribution in [3.63, 3.8) is 0 Å². The van der Waals surface area contributed by atoms with Crippen LogP contribution in [0.15, 0.2) is 16.9 Å². The summed E-state index contributed by atoms with van der Waals surface area (Å²) in [5.41, 5.74) is 6.89. The maximum atomic E-state index is 15.0. The first-order valence-corrected chi connectivity index (χ1v) is 13.3. The number of aliphatic hydroxyl groups is 1. The summed E-state index contributed by atoms with van der Waals surface area (Å²) in [6, 6.07) is 1.67. The molecule has 1 aliphatic carbocycles. The van der Waals surface area contributed by atoms with E-state index in [0.717, 1.165) is 16.5 Å². The number of ether oxygens (including phenoxy) is 2. The fraction of sp³-hybridized carbons (Fsp3) is 0.393. The molecule has 5 N–H and O–H groups in total. The van der Waals surface area contributed by atoms with Crippen LogP contribution in [0.3, 0.4) is 0 Å². The molecule has 214 valence electrons. The van der Waals surface area contributed by atoms with E-state index in [2.05, 4.69) is 10.6 Å². The van der Waals surface area contributed by atoms with Gasteiger partial charge >= 0.3 is 12.0 Å². The molecule has 1 aromatic carbocycles. The van der Waals surface area contributed by atoms with Crippen molar-refractivity contribution in [2.75, 3.05) is 13.3 Å². The molecule has 41 heavy (non-hydrogen) atoms. The molecule has 2 aliphatic heterocycles. The molecule has 12 nitrogen and oxygen atoms in total. The van der Waals surface area contributed by atoms with Gasteiger partial charge in [0.05, 0.1) is 35.1 Å². The second kappa shape index (κ2) is 9.63.